The molecule has 5 rings (SSSR count). The van der Waals surface area contributed by atoms with Gasteiger partial charge in [0.2, 0.25) is 0 Å². The van der Waals surface area contributed by atoms with E-state index in [1.807, 2.05) is 54.9 Å². The van der Waals surface area contributed by atoms with Crippen LogP contribution in [0.2, 0.25) is 0 Å². The summed E-state index contributed by atoms with van der Waals surface area (Å²) in [6.07, 6.45) is 3.89. The van der Waals surface area contributed by atoms with Gasteiger partial charge in [0.1, 0.15) is 21.6 Å². The quantitative estimate of drug-likeness (QED) is 0.451. The van der Waals surface area contributed by atoms with Gasteiger partial charge in [-0.25, -0.2) is 13.4 Å². The molecule has 7 nitrogen and oxygen atoms in total. The molecule has 3 aromatic heterocycles. The van der Waals surface area contributed by atoms with E-state index in [0.29, 0.717) is 16.7 Å². The van der Waals surface area contributed by atoms with Crippen molar-refractivity contribution in [1.29, 1.82) is 0 Å². The molecular weight excluding hydrogens is 418 g/mol. The third kappa shape index (κ3) is 3.21. The lowest BCUT2D eigenvalue weighted by atomic mass is 10.1. The Morgan fingerprint density at radius 3 is 2.77 bits per heavy atom. The van der Waals surface area contributed by atoms with Crippen LogP contribution in [-0.4, -0.2) is 26.5 Å². The van der Waals surface area contributed by atoms with E-state index in [1.165, 1.54) is 6.07 Å². The summed E-state index contributed by atoms with van der Waals surface area (Å²) in [5, 5.41) is 0. The second-order valence-corrected chi connectivity index (χ2v) is 9.30. The van der Waals surface area contributed by atoms with Crippen LogP contribution < -0.4 is 4.72 Å². The van der Waals surface area contributed by atoms with Crippen molar-refractivity contribution in [3.63, 3.8) is 0 Å². The van der Waals surface area contributed by atoms with Crippen LogP contribution in [0.3, 0.4) is 0 Å². The van der Waals surface area contributed by atoms with Crippen molar-refractivity contribution in [2.75, 3.05) is 4.72 Å². The number of hydrogen-bond acceptors (Lipinski definition) is 6. The number of nitrogens with one attached hydrogen (secondary N) is 1. The number of aromatic nitrogens is 4. The fourth-order valence-corrected chi connectivity index (χ4v) is 5.20. The van der Waals surface area contributed by atoms with Gasteiger partial charge in [-0.05, 0) is 55.3 Å². The van der Waals surface area contributed by atoms with E-state index in [-0.39, 0.29) is 4.90 Å². The first-order valence-electron chi connectivity index (χ1n) is 9.21. The van der Waals surface area contributed by atoms with Crippen molar-refractivity contribution < 1.29 is 8.42 Å². The van der Waals surface area contributed by atoms with Crippen molar-refractivity contribution in [3.05, 3.63) is 72.1 Å². The van der Waals surface area contributed by atoms with Crippen LogP contribution in [0.5, 0.6) is 0 Å². The first-order chi connectivity index (χ1) is 14.4. The number of fused-ring (bicyclic) bond motifs is 2. The Bertz CT molecular complexity index is 1520. The summed E-state index contributed by atoms with van der Waals surface area (Å²) >= 11 is 0.992. The standard InChI is InChI=1S/C21H17N5O2S2/c1-13-8-9-26-12-18(22-20(26)10-13)15-7-6-14(2)17(11-15)25-30(27,28)19-5-3-4-16-21(19)24-29-23-16/h3-12,25H,1-2H3. The monoisotopic (exact) mass is 435 g/mol. The lowest BCUT2D eigenvalue weighted by Crippen LogP contribution is -2.14. The minimum absolute atomic E-state index is 0.113. The summed E-state index contributed by atoms with van der Waals surface area (Å²) in [5.74, 6) is 0. The molecular formula is C21H17N5O2S2. The fourth-order valence-electron chi connectivity index (χ4n) is 3.31. The SMILES string of the molecule is Cc1ccn2cc(-c3ccc(C)c(NS(=O)(=O)c4cccc5nsnc45)c3)nc2c1. The van der Waals surface area contributed by atoms with Gasteiger partial charge >= 0.3 is 0 Å². The van der Waals surface area contributed by atoms with Gasteiger partial charge < -0.3 is 4.40 Å². The van der Waals surface area contributed by atoms with Gasteiger partial charge in [0.25, 0.3) is 10.0 Å². The average molecular weight is 436 g/mol. The smallest absolute Gasteiger partial charge is 0.264 e. The zero-order chi connectivity index (χ0) is 20.9. The highest BCUT2D eigenvalue weighted by molar-refractivity contribution is 7.93. The van der Waals surface area contributed by atoms with E-state index < -0.39 is 10.0 Å². The zero-order valence-electron chi connectivity index (χ0n) is 16.2. The predicted octanol–water partition coefficient (Wildman–Crippen LogP) is 4.42. The van der Waals surface area contributed by atoms with E-state index in [2.05, 4.69) is 18.5 Å². The van der Waals surface area contributed by atoms with Gasteiger partial charge in [-0.3, -0.25) is 4.72 Å². The molecule has 0 spiro atoms. The molecule has 3 heterocycles. The van der Waals surface area contributed by atoms with Crippen molar-refractivity contribution in [2.24, 2.45) is 0 Å². The second-order valence-electron chi connectivity index (χ2n) is 7.12. The first kappa shape index (κ1) is 18.7. The van der Waals surface area contributed by atoms with Crippen molar-refractivity contribution in [1.82, 2.24) is 18.1 Å². The molecule has 30 heavy (non-hydrogen) atoms. The van der Waals surface area contributed by atoms with Gasteiger partial charge in [-0.2, -0.15) is 8.75 Å². The van der Waals surface area contributed by atoms with Gasteiger partial charge in [0, 0.05) is 18.0 Å². The Morgan fingerprint density at radius 1 is 1.03 bits per heavy atom. The van der Waals surface area contributed by atoms with Gasteiger partial charge in [0.15, 0.2) is 0 Å². The Balaban J connectivity index is 1.55. The van der Waals surface area contributed by atoms with Gasteiger partial charge in [-0.15, -0.1) is 0 Å². The average Bonchev–Trinajstić information content (AvgIpc) is 3.35. The molecule has 2 aromatic carbocycles. The molecule has 0 aliphatic rings. The molecule has 9 heteroatoms. The van der Waals surface area contributed by atoms with E-state index in [0.717, 1.165) is 39.8 Å². The van der Waals surface area contributed by atoms with E-state index >= 15 is 0 Å². The zero-order valence-corrected chi connectivity index (χ0v) is 17.8. The Labute approximate surface area is 177 Å². The lowest BCUT2D eigenvalue weighted by Gasteiger charge is -2.12. The van der Waals surface area contributed by atoms with Crippen LogP contribution in [-0.2, 0) is 10.0 Å². The minimum atomic E-state index is -3.83. The molecule has 0 unspecified atom stereocenters. The number of sulfonamides is 1. The lowest BCUT2D eigenvalue weighted by molar-refractivity contribution is 0.602. The highest BCUT2D eigenvalue weighted by Crippen LogP contribution is 2.29. The third-order valence-corrected chi connectivity index (χ3v) is 6.87. The summed E-state index contributed by atoms with van der Waals surface area (Å²) in [6.45, 7) is 3.88. The largest absolute Gasteiger partial charge is 0.306 e. The van der Waals surface area contributed by atoms with Gasteiger partial charge in [-0.1, -0.05) is 18.2 Å². The van der Waals surface area contributed by atoms with Crippen LogP contribution in [0.15, 0.2) is 65.8 Å². The molecule has 0 aliphatic heterocycles. The van der Waals surface area contributed by atoms with E-state index in [4.69, 9.17) is 0 Å². The Hall–Kier alpha value is -3.30. The molecule has 150 valence electrons. The number of hydrogen-bond donors (Lipinski definition) is 1. The van der Waals surface area contributed by atoms with Crippen molar-refractivity contribution in [2.45, 2.75) is 18.7 Å². The Kier molecular flexibility index (Phi) is 4.30. The van der Waals surface area contributed by atoms with Crippen molar-refractivity contribution in [3.8, 4) is 11.3 Å². The minimum Gasteiger partial charge on any atom is -0.306 e. The fraction of sp³-hybridized carbons (Fsp3) is 0.0952. The molecule has 0 amide bonds. The molecule has 0 aliphatic carbocycles. The molecule has 0 saturated carbocycles. The number of rotatable bonds is 4. The number of anilines is 1. The van der Waals surface area contributed by atoms with Crippen LogP contribution in [0.4, 0.5) is 5.69 Å². The summed E-state index contributed by atoms with van der Waals surface area (Å²) in [7, 11) is -3.83. The summed E-state index contributed by atoms with van der Waals surface area (Å²) in [4.78, 5) is 4.78. The number of benzene rings is 2. The highest BCUT2D eigenvalue weighted by atomic mass is 32.2. The number of imidazole rings is 1. The van der Waals surface area contributed by atoms with Crippen LogP contribution >= 0.6 is 11.7 Å². The molecule has 0 fully saturated rings. The summed E-state index contributed by atoms with van der Waals surface area (Å²) in [5.41, 5.74) is 5.82. The molecule has 0 radical (unpaired) electrons. The molecule has 1 N–H and O–H groups in total. The topological polar surface area (TPSA) is 89.2 Å². The van der Waals surface area contributed by atoms with E-state index in [1.54, 1.807) is 18.2 Å². The van der Waals surface area contributed by atoms with Crippen LogP contribution in [0.25, 0.3) is 27.9 Å². The second kappa shape index (κ2) is 6.89. The Morgan fingerprint density at radius 2 is 1.90 bits per heavy atom. The molecule has 0 atom stereocenters. The normalized spacial score (nSPS) is 11.9. The molecule has 0 saturated heterocycles. The van der Waals surface area contributed by atoms with Crippen molar-refractivity contribution >= 4 is 44.1 Å². The van der Waals surface area contributed by atoms with Crippen LogP contribution in [0.1, 0.15) is 11.1 Å². The van der Waals surface area contributed by atoms with E-state index in [9.17, 15) is 8.42 Å². The number of pyridine rings is 1. The number of nitrogens with zero attached hydrogens (tertiary/aromatic N) is 4. The maximum absolute atomic E-state index is 13.1. The third-order valence-electron chi connectivity index (χ3n) is 4.93. The predicted molar refractivity (Wildman–Crippen MR) is 118 cm³/mol. The van der Waals surface area contributed by atoms with Gasteiger partial charge in [0.05, 0.1) is 23.1 Å². The first-order valence-corrected chi connectivity index (χ1v) is 11.4. The maximum Gasteiger partial charge on any atom is 0.264 e. The molecule has 0 bridgehead atoms. The summed E-state index contributed by atoms with van der Waals surface area (Å²) < 4.78 is 39.1. The van der Waals surface area contributed by atoms with Crippen LogP contribution in [0, 0.1) is 13.8 Å². The maximum atomic E-state index is 13.1. The number of aryl methyl sites for hydroxylation is 2. The molecule has 5 aromatic rings. The highest BCUT2D eigenvalue weighted by Gasteiger charge is 2.21. The summed E-state index contributed by atoms with van der Waals surface area (Å²) in [6, 6.07) is 14.6.